The summed E-state index contributed by atoms with van der Waals surface area (Å²) in [5.41, 5.74) is 1.69. The topological polar surface area (TPSA) is 56.9 Å². The number of hydrogen-bond acceptors (Lipinski definition) is 4. The Bertz CT molecular complexity index is 953. The van der Waals surface area contributed by atoms with Crippen LogP contribution in [0.15, 0.2) is 36.9 Å². The van der Waals surface area contributed by atoms with Crippen molar-refractivity contribution in [3.63, 3.8) is 0 Å². The van der Waals surface area contributed by atoms with Crippen LogP contribution in [0.4, 0.5) is 4.39 Å². The first-order chi connectivity index (χ1) is 10.5. The standard InChI is InChI=1S/C17H11FN2OS/c1-9-16(10(2)21)22-17(20-9)11-6-12(8-19)13-4-3-5-15(18)14(13)7-11/h3-7,21H,2H2,1H3. The average Bonchev–Trinajstić information content (AvgIpc) is 2.89. The SMILES string of the molecule is C=C(O)c1sc(-c2cc(C#N)c3cccc(F)c3c2)nc1C. The number of benzene rings is 2. The van der Waals surface area contributed by atoms with E-state index in [1.807, 2.05) is 0 Å². The number of nitrogens with zero attached hydrogens (tertiary/aromatic N) is 2. The molecule has 2 aromatic carbocycles. The van der Waals surface area contributed by atoms with Gasteiger partial charge in [-0.05, 0) is 25.1 Å². The van der Waals surface area contributed by atoms with Gasteiger partial charge in [-0.25, -0.2) is 9.37 Å². The summed E-state index contributed by atoms with van der Waals surface area (Å²) in [4.78, 5) is 4.97. The maximum atomic E-state index is 14.0. The summed E-state index contributed by atoms with van der Waals surface area (Å²) >= 11 is 1.26. The van der Waals surface area contributed by atoms with Gasteiger partial charge in [0.05, 0.1) is 22.2 Å². The fourth-order valence-electron chi connectivity index (χ4n) is 2.35. The minimum Gasteiger partial charge on any atom is -0.507 e. The summed E-state index contributed by atoms with van der Waals surface area (Å²) in [6.07, 6.45) is 0. The Labute approximate surface area is 130 Å². The molecule has 0 bridgehead atoms. The van der Waals surface area contributed by atoms with Crippen molar-refractivity contribution in [2.24, 2.45) is 0 Å². The number of aryl methyl sites for hydroxylation is 1. The molecule has 0 aliphatic carbocycles. The Kier molecular flexibility index (Phi) is 3.39. The van der Waals surface area contributed by atoms with Crippen molar-refractivity contribution >= 4 is 27.9 Å². The molecule has 0 spiro atoms. The van der Waals surface area contributed by atoms with Gasteiger partial charge in [0.2, 0.25) is 0 Å². The van der Waals surface area contributed by atoms with Gasteiger partial charge < -0.3 is 5.11 Å². The maximum Gasteiger partial charge on any atom is 0.131 e. The third kappa shape index (κ3) is 2.24. The average molecular weight is 310 g/mol. The number of rotatable bonds is 2. The van der Waals surface area contributed by atoms with Crippen LogP contribution in [-0.2, 0) is 0 Å². The molecule has 5 heteroatoms. The van der Waals surface area contributed by atoms with Gasteiger partial charge in [0.25, 0.3) is 0 Å². The smallest absolute Gasteiger partial charge is 0.131 e. The van der Waals surface area contributed by atoms with Crippen molar-refractivity contribution in [1.82, 2.24) is 4.98 Å². The molecule has 3 nitrogen and oxygen atoms in total. The van der Waals surface area contributed by atoms with Crippen molar-refractivity contribution in [2.75, 3.05) is 0 Å². The van der Waals surface area contributed by atoms with Crippen molar-refractivity contribution in [1.29, 1.82) is 5.26 Å². The molecule has 0 saturated heterocycles. The predicted molar refractivity (Wildman–Crippen MR) is 86.1 cm³/mol. The second-order valence-corrected chi connectivity index (χ2v) is 5.85. The molecule has 0 unspecified atom stereocenters. The fourth-order valence-corrected chi connectivity index (χ4v) is 3.28. The summed E-state index contributed by atoms with van der Waals surface area (Å²) in [6, 6.07) is 10.1. The maximum absolute atomic E-state index is 14.0. The molecule has 3 aromatic rings. The van der Waals surface area contributed by atoms with E-state index in [0.717, 1.165) is 0 Å². The largest absolute Gasteiger partial charge is 0.507 e. The van der Waals surface area contributed by atoms with Gasteiger partial charge in [0, 0.05) is 16.3 Å². The van der Waals surface area contributed by atoms with Gasteiger partial charge in [-0.1, -0.05) is 18.7 Å². The van der Waals surface area contributed by atoms with Crippen molar-refractivity contribution in [3.05, 3.63) is 58.9 Å². The van der Waals surface area contributed by atoms with Gasteiger partial charge in [0.15, 0.2) is 0 Å². The van der Waals surface area contributed by atoms with Gasteiger partial charge in [0.1, 0.15) is 16.6 Å². The quantitative estimate of drug-likeness (QED) is 0.691. The normalized spacial score (nSPS) is 10.6. The number of fused-ring (bicyclic) bond motifs is 1. The van der Waals surface area contributed by atoms with Crippen molar-refractivity contribution in [2.45, 2.75) is 6.92 Å². The monoisotopic (exact) mass is 310 g/mol. The lowest BCUT2D eigenvalue weighted by molar-refractivity contribution is 0.515. The summed E-state index contributed by atoms with van der Waals surface area (Å²) < 4.78 is 14.0. The van der Waals surface area contributed by atoms with Crippen molar-refractivity contribution < 1.29 is 9.50 Å². The highest BCUT2D eigenvalue weighted by Gasteiger charge is 2.14. The minimum atomic E-state index is -0.379. The number of nitriles is 1. The molecule has 0 aliphatic heterocycles. The number of hydrogen-bond donors (Lipinski definition) is 1. The third-order valence-electron chi connectivity index (χ3n) is 3.37. The lowest BCUT2D eigenvalue weighted by Crippen LogP contribution is -1.87. The van der Waals surface area contributed by atoms with Gasteiger partial charge in [-0.15, -0.1) is 11.3 Å². The van der Waals surface area contributed by atoms with Gasteiger partial charge in [-0.3, -0.25) is 0 Å². The summed E-state index contributed by atoms with van der Waals surface area (Å²) in [5.74, 6) is -0.426. The molecule has 108 valence electrons. The molecule has 0 saturated carbocycles. The second kappa shape index (κ2) is 5.24. The first-order valence-electron chi connectivity index (χ1n) is 6.49. The summed E-state index contributed by atoms with van der Waals surface area (Å²) in [7, 11) is 0. The number of aromatic nitrogens is 1. The van der Waals surface area contributed by atoms with Crippen LogP contribution in [0.3, 0.4) is 0 Å². The first-order valence-corrected chi connectivity index (χ1v) is 7.31. The molecule has 0 radical (unpaired) electrons. The highest BCUT2D eigenvalue weighted by atomic mass is 32.1. The first kappa shape index (κ1) is 14.2. The van der Waals surface area contributed by atoms with Gasteiger partial charge >= 0.3 is 0 Å². The van der Waals surface area contributed by atoms with E-state index >= 15 is 0 Å². The summed E-state index contributed by atoms with van der Waals surface area (Å²) in [5, 5.41) is 20.4. The number of thiazole rings is 1. The molecule has 3 rings (SSSR count). The number of aliphatic hydroxyl groups is 1. The van der Waals surface area contributed by atoms with Crippen LogP contribution < -0.4 is 0 Å². The van der Waals surface area contributed by atoms with E-state index in [0.29, 0.717) is 37.5 Å². The Morgan fingerprint density at radius 1 is 1.36 bits per heavy atom. The Morgan fingerprint density at radius 2 is 2.14 bits per heavy atom. The molecule has 1 N–H and O–H groups in total. The van der Waals surface area contributed by atoms with Crippen LogP contribution in [0.5, 0.6) is 0 Å². The van der Waals surface area contributed by atoms with Crippen molar-refractivity contribution in [3.8, 4) is 16.6 Å². The Hall–Kier alpha value is -2.71. The molecule has 1 heterocycles. The zero-order chi connectivity index (χ0) is 15.9. The molecule has 0 atom stereocenters. The molecular weight excluding hydrogens is 299 g/mol. The number of halogens is 1. The van der Waals surface area contributed by atoms with Crippen LogP contribution >= 0.6 is 11.3 Å². The summed E-state index contributed by atoms with van der Waals surface area (Å²) in [6.45, 7) is 5.27. The zero-order valence-corrected chi connectivity index (χ0v) is 12.5. The van der Waals surface area contributed by atoms with Crippen LogP contribution in [0.2, 0.25) is 0 Å². The Morgan fingerprint density at radius 3 is 2.77 bits per heavy atom. The lowest BCUT2D eigenvalue weighted by atomic mass is 10.0. The van der Waals surface area contributed by atoms with Gasteiger partial charge in [-0.2, -0.15) is 5.26 Å². The molecule has 0 fully saturated rings. The highest BCUT2D eigenvalue weighted by molar-refractivity contribution is 7.16. The third-order valence-corrected chi connectivity index (χ3v) is 4.62. The highest BCUT2D eigenvalue weighted by Crippen LogP contribution is 2.34. The van der Waals surface area contributed by atoms with Crippen LogP contribution in [0, 0.1) is 24.1 Å². The molecule has 22 heavy (non-hydrogen) atoms. The fraction of sp³-hybridized carbons (Fsp3) is 0.0588. The van der Waals surface area contributed by atoms with E-state index in [2.05, 4.69) is 17.6 Å². The van der Waals surface area contributed by atoms with E-state index in [1.165, 1.54) is 17.4 Å². The van der Waals surface area contributed by atoms with Crippen LogP contribution in [-0.4, -0.2) is 10.1 Å². The van der Waals surface area contributed by atoms with E-state index in [1.54, 1.807) is 31.2 Å². The van der Waals surface area contributed by atoms with E-state index in [9.17, 15) is 14.8 Å². The molecule has 0 aliphatic rings. The predicted octanol–water partition coefficient (Wildman–Crippen LogP) is 4.81. The minimum absolute atomic E-state index is 0.0475. The Balaban J connectivity index is 2.28. The lowest BCUT2D eigenvalue weighted by Gasteiger charge is -2.04. The van der Waals surface area contributed by atoms with E-state index in [4.69, 9.17) is 0 Å². The van der Waals surface area contributed by atoms with E-state index in [-0.39, 0.29) is 11.6 Å². The molecule has 0 amide bonds. The zero-order valence-electron chi connectivity index (χ0n) is 11.7. The van der Waals surface area contributed by atoms with Crippen LogP contribution in [0.25, 0.3) is 27.1 Å². The number of aliphatic hydroxyl groups excluding tert-OH is 1. The van der Waals surface area contributed by atoms with Crippen LogP contribution in [0.1, 0.15) is 16.1 Å². The molecule has 1 aromatic heterocycles. The van der Waals surface area contributed by atoms with E-state index < -0.39 is 0 Å². The molecular formula is C17H11FN2OS. The second-order valence-electron chi connectivity index (χ2n) is 4.85.